The lowest BCUT2D eigenvalue weighted by molar-refractivity contribution is -0.120. The molecule has 7 heteroatoms. The van der Waals surface area contributed by atoms with Crippen molar-refractivity contribution in [2.24, 2.45) is 0 Å². The van der Waals surface area contributed by atoms with Crippen LogP contribution in [-0.2, 0) is 4.79 Å². The van der Waals surface area contributed by atoms with E-state index in [-0.39, 0.29) is 29.9 Å². The lowest BCUT2D eigenvalue weighted by atomic mass is 10.4. The SMILES string of the molecule is CNC(=O)CCNC(=O)c1scnc1Cl. The fourth-order valence-electron chi connectivity index (χ4n) is 0.875. The number of nitrogens with zero attached hydrogens (tertiary/aromatic N) is 1. The highest BCUT2D eigenvalue weighted by molar-refractivity contribution is 7.12. The third-order valence-corrected chi connectivity index (χ3v) is 2.87. The first-order valence-electron chi connectivity index (χ1n) is 4.23. The molecule has 1 aromatic heterocycles. The standard InChI is InChI=1S/C8H10ClN3O2S/c1-10-5(13)2-3-11-8(14)6-7(9)12-4-15-6/h4H,2-3H2,1H3,(H,10,13)(H,11,14). The normalized spacial score (nSPS) is 9.73. The number of carbonyl (C=O) groups is 2. The third kappa shape index (κ3) is 3.49. The second kappa shape index (κ2) is 5.67. The summed E-state index contributed by atoms with van der Waals surface area (Å²) in [5.74, 6) is -0.419. The fraction of sp³-hybridized carbons (Fsp3) is 0.375. The Balaban J connectivity index is 2.38. The van der Waals surface area contributed by atoms with E-state index in [1.54, 1.807) is 7.05 Å². The van der Waals surface area contributed by atoms with Crippen LogP contribution in [0.1, 0.15) is 16.1 Å². The van der Waals surface area contributed by atoms with Crippen LogP contribution in [-0.4, -0.2) is 30.4 Å². The Bertz CT molecular complexity index is 367. The molecule has 0 aliphatic rings. The van der Waals surface area contributed by atoms with E-state index >= 15 is 0 Å². The predicted molar refractivity (Wildman–Crippen MR) is 58.1 cm³/mol. The molecule has 0 saturated carbocycles. The Morgan fingerprint density at radius 3 is 2.87 bits per heavy atom. The molecule has 1 aromatic rings. The molecule has 0 radical (unpaired) electrons. The molecule has 0 aromatic carbocycles. The van der Waals surface area contributed by atoms with Crippen molar-refractivity contribution >= 4 is 34.8 Å². The topological polar surface area (TPSA) is 71.1 Å². The van der Waals surface area contributed by atoms with Crippen molar-refractivity contribution in [1.29, 1.82) is 0 Å². The number of hydrogen-bond acceptors (Lipinski definition) is 4. The molecule has 1 rings (SSSR count). The first kappa shape index (κ1) is 11.9. The lowest BCUT2D eigenvalue weighted by Crippen LogP contribution is -2.28. The van der Waals surface area contributed by atoms with Gasteiger partial charge in [0, 0.05) is 20.0 Å². The van der Waals surface area contributed by atoms with Gasteiger partial charge in [-0.05, 0) is 0 Å². The molecule has 0 fully saturated rings. The van der Waals surface area contributed by atoms with Gasteiger partial charge >= 0.3 is 0 Å². The highest BCUT2D eigenvalue weighted by Crippen LogP contribution is 2.17. The molecule has 0 bridgehead atoms. The largest absolute Gasteiger partial charge is 0.359 e. The first-order valence-corrected chi connectivity index (χ1v) is 5.48. The molecule has 82 valence electrons. The quantitative estimate of drug-likeness (QED) is 0.821. The summed E-state index contributed by atoms with van der Waals surface area (Å²) in [4.78, 5) is 26.4. The molecule has 0 atom stereocenters. The number of thiazole rings is 1. The number of halogens is 1. The van der Waals surface area contributed by atoms with Crippen LogP contribution in [0.15, 0.2) is 5.51 Å². The molecule has 5 nitrogen and oxygen atoms in total. The van der Waals surface area contributed by atoms with Crippen LogP contribution in [0.3, 0.4) is 0 Å². The lowest BCUT2D eigenvalue weighted by Gasteiger charge is -2.02. The van der Waals surface area contributed by atoms with Gasteiger partial charge < -0.3 is 10.6 Å². The van der Waals surface area contributed by atoms with Crippen molar-refractivity contribution in [2.45, 2.75) is 6.42 Å². The predicted octanol–water partition coefficient (Wildman–Crippen LogP) is 0.662. The Morgan fingerprint density at radius 2 is 2.33 bits per heavy atom. The van der Waals surface area contributed by atoms with Gasteiger partial charge in [0.2, 0.25) is 5.91 Å². The minimum absolute atomic E-state index is 0.120. The number of carbonyl (C=O) groups excluding carboxylic acids is 2. The van der Waals surface area contributed by atoms with Gasteiger partial charge in [0.25, 0.3) is 5.91 Å². The summed E-state index contributed by atoms with van der Waals surface area (Å²) in [6, 6.07) is 0. The van der Waals surface area contributed by atoms with Crippen molar-refractivity contribution in [3.8, 4) is 0 Å². The minimum atomic E-state index is -0.300. The van der Waals surface area contributed by atoms with E-state index in [0.717, 1.165) is 0 Å². The van der Waals surface area contributed by atoms with E-state index in [4.69, 9.17) is 11.6 Å². The highest BCUT2D eigenvalue weighted by Gasteiger charge is 2.12. The number of amides is 2. The number of rotatable bonds is 4. The van der Waals surface area contributed by atoms with Crippen molar-refractivity contribution in [3.63, 3.8) is 0 Å². The van der Waals surface area contributed by atoms with E-state index in [1.807, 2.05) is 0 Å². The van der Waals surface area contributed by atoms with Gasteiger partial charge in [-0.3, -0.25) is 9.59 Å². The number of hydrogen-bond donors (Lipinski definition) is 2. The summed E-state index contributed by atoms with van der Waals surface area (Å²) >= 11 is 6.83. The van der Waals surface area contributed by atoms with Crippen molar-refractivity contribution in [3.05, 3.63) is 15.5 Å². The van der Waals surface area contributed by atoms with E-state index in [1.165, 1.54) is 16.8 Å². The highest BCUT2D eigenvalue weighted by atomic mass is 35.5. The number of aromatic nitrogens is 1. The summed E-state index contributed by atoms with van der Waals surface area (Å²) < 4.78 is 0. The van der Waals surface area contributed by atoms with Crippen molar-refractivity contribution in [1.82, 2.24) is 15.6 Å². The summed E-state index contributed by atoms with van der Waals surface area (Å²) in [7, 11) is 1.55. The number of nitrogens with one attached hydrogen (secondary N) is 2. The average molecular weight is 248 g/mol. The molecular weight excluding hydrogens is 238 g/mol. The Labute approximate surface area is 95.8 Å². The van der Waals surface area contributed by atoms with Crippen LogP contribution in [0.4, 0.5) is 0 Å². The Morgan fingerprint density at radius 1 is 1.60 bits per heavy atom. The smallest absolute Gasteiger partial charge is 0.264 e. The van der Waals surface area contributed by atoms with Gasteiger partial charge in [-0.25, -0.2) is 4.98 Å². The van der Waals surface area contributed by atoms with E-state index in [2.05, 4.69) is 15.6 Å². The van der Waals surface area contributed by atoms with Crippen molar-refractivity contribution < 1.29 is 9.59 Å². The maximum Gasteiger partial charge on any atom is 0.264 e. The van der Waals surface area contributed by atoms with Crippen LogP contribution in [0.5, 0.6) is 0 Å². The van der Waals surface area contributed by atoms with E-state index in [9.17, 15) is 9.59 Å². The minimum Gasteiger partial charge on any atom is -0.359 e. The molecular formula is C8H10ClN3O2S. The molecule has 0 aliphatic carbocycles. The van der Waals surface area contributed by atoms with Crippen LogP contribution in [0.2, 0.25) is 5.15 Å². The first-order chi connectivity index (χ1) is 7.15. The summed E-state index contributed by atoms with van der Waals surface area (Å²) in [5.41, 5.74) is 1.50. The zero-order valence-electron chi connectivity index (χ0n) is 8.04. The third-order valence-electron chi connectivity index (χ3n) is 1.65. The van der Waals surface area contributed by atoms with Gasteiger partial charge in [-0.15, -0.1) is 11.3 Å². The Hall–Kier alpha value is -1.14. The summed E-state index contributed by atoms with van der Waals surface area (Å²) in [6.45, 7) is 0.284. The Kier molecular flexibility index (Phi) is 4.51. The van der Waals surface area contributed by atoms with Crippen molar-refractivity contribution in [2.75, 3.05) is 13.6 Å². The summed E-state index contributed by atoms with van der Waals surface area (Å²) in [6.07, 6.45) is 0.249. The molecule has 0 aliphatic heterocycles. The maximum absolute atomic E-state index is 11.4. The second-order valence-electron chi connectivity index (χ2n) is 2.65. The fourth-order valence-corrected chi connectivity index (χ4v) is 1.79. The average Bonchev–Trinajstić information content (AvgIpc) is 2.64. The van der Waals surface area contributed by atoms with Crippen LogP contribution in [0.25, 0.3) is 0 Å². The zero-order valence-corrected chi connectivity index (χ0v) is 9.61. The maximum atomic E-state index is 11.4. The van der Waals surface area contributed by atoms with E-state index in [0.29, 0.717) is 4.88 Å². The summed E-state index contributed by atoms with van der Waals surface area (Å²) in [5, 5.41) is 5.23. The zero-order chi connectivity index (χ0) is 11.3. The van der Waals surface area contributed by atoms with Gasteiger partial charge in [-0.2, -0.15) is 0 Å². The molecule has 0 unspecified atom stereocenters. The van der Waals surface area contributed by atoms with Crippen LogP contribution < -0.4 is 10.6 Å². The molecule has 0 spiro atoms. The van der Waals surface area contributed by atoms with Gasteiger partial charge in [0.15, 0.2) is 5.15 Å². The van der Waals surface area contributed by atoms with E-state index < -0.39 is 0 Å². The molecule has 2 N–H and O–H groups in total. The van der Waals surface area contributed by atoms with Gasteiger partial charge in [0.05, 0.1) is 5.51 Å². The molecule has 1 heterocycles. The second-order valence-corrected chi connectivity index (χ2v) is 3.86. The van der Waals surface area contributed by atoms with Gasteiger partial charge in [0.1, 0.15) is 4.88 Å². The van der Waals surface area contributed by atoms with Crippen LogP contribution in [0, 0.1) is 0 Å². The molecule has 15 heavy (non-hydrogen) atoms. The van der Waals surface area contributed by atoms with Gasteiger partial charge in [-0.1, -0.05) is 11.6 Å². The van der Waals surface area contributed by atoms with Crippen LogP contribution >= 0.6 is 22.9 Å². The monoisotopic (exact) mass is 247 g/mol. The molecule has 0 saturated heterocycles. The molecule has 2 amide bonds.